The Balaban J connectivity index is 1.30. The number of carbonyl (C=O) groups is 8. The maximum atomic E-state index is 14.4. The summed E-state index contributed by atoms with van der Waals surface area (Å²) in [6.45, 7) is 11.2. The van der Waals surface area contributed by atoms with E-state index in [4.69, 9.17) is 36.3 Å². The average molecular weight is 1360 g/mol. The zero-order valence-electron chi connectivity index (χ0n) is 48.2. The number of fused-ring (bicyclic) bond motifs is 5. The van der Waals surface area contributed by atoms with Crippen LogP contribution >= 0.6 is 59.4 Å². The second kappa shape index (κ2) is 31.6. The molecule has 4 bridgehead atoms. The molecule has 2 saturated heterocycles. The number of halogens is 4. The molecule has 3 aliphatic rings. The SMILES string of the molecule is CO[C@@H]1/C=C/C=C(\C)Cc2cc(C)c(Cl)c(c2)N(C)C(=O)C[C@H](OC(=O)Nc2ccc(CC(=O)[C@H](CCCNC(N)=O)NC(=O)[C@@H](CC(=O)CCCCCCC(=O)C(CBr)CBr)C(C)C)c(Br)c2)[C@]2(C)O[C@H]2[C@H](C)[C@@H]2C[C@@]1(O)CC(=O)O2. The van der Waals surface area contributed by atoms with E-state index in [1.165, 1.54) is 12.0 Å². The second-order valence-electron chi connectivity index (χ2n) is 22.7. The first kappa shape index (κ1) is 68.3. The van der Waals surface area contributed by atoms with Crippen LogP contribution in [0.3, 0.4) is 0 Å². The molecule has 452 valence electrons. The number of hydrogen-bond donors (Lipinski definition) is 5. The highest BCUT2D eigenvalue weighted by molar-refractivity contribution is 9.10. The Kier molecular flexibility index (Phi) is 26.3. The number of esters is 1. The van der Waals surface area contributed by atoms with E-state index in [0.29, 0.717) is 63.5 Å². The fourth-order valence-electron chi connectivity index (χ4n) is 10.7. The summed E-state index contributed by atoms with van der Waals surface area (Å²) >= 11 is 17.2. The molecule has 82 heavy (non-hydrogen) atoms. The van der Waals surface area contributed by atoms with Crippen molar-refractivity contribution < 1.29 is 62.4 Å². The summed E-state index contributed by atoms with van der Waals surface area (Å²) in [5.41, 5.74) is 6.24. The van der Waals surface area contributed by atoms with Crippen LogP contribution in [0.25, 0.3) is 0 Å². The number of amides is 5. The van der Waals surface area contributed by atoms with Crippen molar-refractivity contribution in [1.82, 2.24) is 10.6 Å². The first-order valence-corrected chi connectivity index (χ1v) is 31.5. The van der Waals surface area contributed by atoms with Crippen LogP contribution in [0.1, 0.15) is 128 Å². The van der Waals surface area contributed by atoms with E-state index in [2.05, 4.69) is 63.7 Å². The molecule has 0 radical (unpaired) electrons. The predicted octanol–water partition coefficient (Wildman–Crippen LogP) is 10.3. The van der Waals surface area contributed by atoms with Crippen LogP contribution in [0, 0.1) is 30.6 Å². The molecule has 5 amide bonds. The van der Waals surface area contributed by atoms with Gasteiger partial charge >= 0.3 is 18.1 Å². The Hall–Kier alpha value is -4.51. The molecule has 22 heteroatoms. The third-order valence-corrected chi connectivity index (χ3v) is 18.6. The van der Waals surface area contributed by atoms with Gasteiger partial charge in [0.15, 0.2) is 5.78 Å². The number of nitrogens with zero attached hydrogens (tertiary/aromatic N) is 1. The van der Waals surface area contributed by atoms with Crippen LogP contribution in [0.2, 0.25) is 5.02 Å². The van der Waals surface area contributed by atoms with Gasteiger partial charge in [-0.05, 0) is 93.7 Å². The normalized spacial score (nSPS) is 24.7. The number of epoxide rings is 1. The molecule has 2 aromatic rings. The maximum Gasteiger partial charge on any atom is 0.412 e. The number of rotatable bonds is 25. The van der Waals surface area contributed by atoms with Crippen molar-refractivity contribution in [2.75, 3.05) is 41.6 Å². The number of unbranched alkanes of at least 4 members (excludes halogenated alkanes) is 3. The lowest BCUT2D eigenvalue weighted by Gasteiger charge is -2.41. The highest BCUT2D eigenvalue weighted by atomic mass is 79.9. The summed E-state index contributed by atoms with van der Waals surface area (Å²) in [5, 5.41) is 21.7. The Labute approximate surface area is 512 Å². The van der Waals surface area contributed by atoms with Gasteiger partial charge in [0.1, 0.15) is 41.1 Å². The van der Waals surface area contributed by atoms with Gasteiger partial charge in [-0.1, -0.05) is 129 Å². The number of carbonyl (C=O) groups excluding carboxylic acids is 8. The number of methoxy groups -OCH3 is 1. The zero-order chi connectivity index (χ0) is 60.6. The minimum Gasteiger partial charge on any atom is -0.462 e. The van der Waals surface area contributed by atoms with E-state index in [1.807, 2.05) is 52.8 Å². The van der Waals surface area contributed by atoms with Crippen LogP contribution in [0.15, 0.2) is 58.6 Å². The summed E-state index contributed by atoms with van der Waals surface area (Å²) in [5.74, 6) is -3.21. The third kappa shape index (κ3) is 19.3. The largest absolute Gasteiger partial charge is 0.462 e. The van der Waals surface area contributed by atoms with E-state index in [1.54, 1.807) is 44.3 Å². The first-order valence-electron chi connectivity index (χ1n) is 28.0. The summed E-state index contributed by atoms with van der Waals surface area (Å²) < 4.78 is 24.5. The molecule has 2 aromatic carbocycles. The number of alkyl halides is 2. The third-order valence-electron chi connectivity index (χ3n) is 15.8. The van der Waals surface area contributed by atoms with Crippen LogP contribution in [-0.2, 0) is 60.6 Å². The number of urea groups is 1. The number of primary amides is 1. The molecule has 0 aliphatic carbocycles. The second-order valence-corrected chi connectivity index (χ2v) is 25.2. The highest BCUT2D eigenvalue weighted by Gasteiger charge is 2.64. The van der Waals surface area contributed by atoms with Crippen LogP contribution in [0.5, 0.6) is 0 Å². The van der Waals surface area contributed by atoms with Gasteiger partial charge in [-0.25, -0.2) is 9.59 Å². The Bertz CT molecular complexity index is 2710. The summed E-state index contributed by atoms with van der Waals surface area (Å²) in [6, 6.07) is 6.86. The average Bonchev–Trinajstić information content (AvgIpc) is 2.10. The van der Waals surface area contributed by atoms with Gasteiger partial charge in [-0.15, -0.1) is 0 Å². The van der Waals surface area contributed by atoms with Gasteiger partial charge in [-0.2, -0.15) is 0 Å². The fourth-order valence-corrected chi connectivity index (χ4v) is 13.3. The van der Waals surface area contributed by atoms with Crippen molar-refractivity contribution in [1.29, 1.82) is 0 Å². The lowest BCUT2D eigenvalue weighted by atomic mass is 9.78. The zero-order valence-corrected chi connectivity index (χ0v) is 53.7. The molecule has 9 atom stereocenters. The molecule has 18 nitrogen and oxygen atoms in total. The number of nitrogens with one attached hydrogen (secondary N) is 3. The monoisotopic (exact) mass is 1350 g/mol. The van der Waals surface area contributed by atoms with Gasteiger partial charge in [0.25, 0.3) is 0 Å². The molecule has 0 saturated carbocycles. The number of nitrogens with two attached hydrogens (primary N) is 1. The predicted molar refractivity (Wildman–Crippen MR) is 325 cm³/mol. The van der Waals surface area contributed by atoms with Crippen molar-refractivity contribution in [2.24, 2.45) is 29.4 Å². The highest BCUT2D eigenvalue weighted by Crippen LogP contribution is 2.50. The lowest BCUT2D eigenvalue weighted by molar-refractivity contribution is -0.187. The van der Waals surface area contributed by atoms with Crippen molar-refractivity contribution in [3.05, 3.63) is 80.3 Å². The molecule has 3 aliphatic heterocycles. The van der Waals surface area contributed by atoms with E-state index in [-0.39, 0.29) is 79.9 Å². The minimum atomic E-state index is -1.62. The molecular formula is C60H81Br3ClN5O13. The minimum absolute atomic E-state index is 0.00438. The topological polar surface area (TPSA) is 262 Å². The number of benzene rings is 2. The van der Waals surface area contributed by atoms with E-state index >= 15 is 0 Å². The molecule has 0 unspecified atom stereocenters. The number of aryl methyl sites for hydroxylation is 1. The first-order chi connectivity index (χ1) is 38.7. The molecule has 2 fully saturated rings. The molecule has 0 spiro atoms. The molecule has 3 heterocycles. The summed E-state index contributed by atoms with van der Waals surface area (Å²) in [7, 11) is 3.06. The summed E-state index contributed by atoms with van der Waals surface area (Å²) in [4.78, 5) is 108. The quantitative estimate of drug-likeness (QED) is 0.0268. The smallest absolute Gasteiger partial charge is 0.412 e. The van der Waals surface area contributed by atoms with Crippen molar-refractivity contribution in [2.45, 2.75) is 173 Å². The molecule has 5 rings (SSSR count). The molecular weight excluding hydrogens is 1270 g/mol. The Morgan fingerprint density at radius 2 is 1.68 bits per heavy atom. The van der Waals surface area contributed by atoms with Crippen LogP contribution < -0.4 is 26.6 Å². The maximum absolute atomic E-state index is 14.4. The van der Waals surface area contributed by atoms with Crippen LogP contribution in [0.4, 0.5) is 21.0 Å². The summed E-state index contributed by atoms with van der Waals surface area (Å²) in [6.07, 6.45) is 4.85. The fraction of sp³-hybridized carbons (Fsp3) is 0.600. The number of Topliss-reactive ketones (excluding diaryl/α,β-unsaturated/α-hetero) is 3. The Morgan fingerprint density at radius 3 is 2.33 bits per heavy atom. The number of ether oxygens (including phenoxy) is 4. The van der Waals surface area contributed by atoms with E-state index < -0.39 is 83.4 Å². The number of hydrogen-bond acceptors (Lipinski definition) is 13. The van der Waals surface area contributed by atoms with Crippen molar-refractivity contribution in [3.63, 3.8) is 0 Å². The van der Waals surface area contributed by atoms with Crippen LogP contribution in [-0.4, -0.2) is 125 Å². The lowest BCUT2D eigenvalue weighted by Crippen LogP contribution is -2.53. The van der Waals surface area contributed by atoms with Crippen molar-refractivity contribution in [3.8, 4) is 0 Å². The number of aliphatic hydroxyl groups is 1. The molecule has 6 N–H and O–H groups in total. The van der Waals surface area contributed by atoms with Gasteiger partial charge in [0.2, 0.25) is 11.8 Å². The number of anilines is 2. The number of ketones is 3. The van der Waals surface area contributed by atoms with Gasteiger partial charge < -0.3 is 45.3 Å². The van der Waals surface area contributed by atoms with E-state index in [9.17, 15) is 43.5 Å². The Morgan fingerprint density at radius 1 is 0.988 bits per heavy atom. The van der Waals surface area contributed by atoms with E-state index in [0.717, 1.165) is 36.0 Å². The van der Waals surface area contributed by atoms with Gasteiger partial charge in [0, 0.05) is 91.4 Å². The van der Waals surface area contributed by atoms with Gasteiger partial charge in [-0.3, -0.25) is 34.1 Å². The number of allylic oxidation sites excluding steroid dienone is 3. The van der Waals surface area contributed by atoms with Crippen molar-refractivity contribution >= 4 is 118 Å². The van der Waals surface area contributed by atoms with Gasteiger partial charge in [0.05, 0.1) is 35.7 Å². The standard InChI is InChI=1S/C60H81Br3ClN5O13/c1-34(2)43(28-42(70)16-11-9-10-12-18-47(71)40(32-61)33-62)56(75)68-45(17-14-22-66-57(65)76)48(72)26-39-20-21-41(27-44(39)63)67-58(77)81-51-29-52(73)69(7)46-25-38(24-36(4)54(46)64)23-35(3)15-13-19-50(79-8)60(78)30-49(80-53(74)31-60)37(5)55-59(51,6)82-55/h13,15,19-21,24-25,27,34,37,40,43,45,49-51,55,78H,9-12,14,16-18,22-23,26,28-33H2,1-8H3,(H,67,77)(H,68,75)(H3,65,66,76)/b19-13+,35-15+/t37-,43+,45+,49+,50-,51+,55+,59+,60-/m1/s1. The molecule has 0 aromatic heterocycles.